The summed E-state index contributed by atoms with van der Waals surface area (Å²) >= 11 is 3.61. The topological polar surface area (TPSA) is 126 Å². The van der Waals surface area contributed by atoms with E-state index in [1.54, 1.807) is 54.6 Å². The fourth-order valence-electron chi connectivity index (χ4n) is 5.17. The molecular formula is C35H36BrN3O6S. The van der Waals surface area contributed by atoms with Crippen LogP contribution in [0.2, 0.25) is 0 Å². The molecule has 0 aromatic heterocycles. The molecule has 1 heterocycles. The highest BCUT2D eigenvalue weighted by molar-refractivity contribution is 9.10. The van der Waals surface area contributed by atoms with Gasteiger partial charge in [0.1, 0.15) is 5.75 Å². The third-order valence-corrected chi connectivity index (χ3v) is 10.1. The van der Waals surface area contributed by atoms with Crippen LogP contribution in [-0.2, 0) is 25.8 Å². The number of halogens is 1. The first-order chi connectivity index (χ1) is 22.3. The lowest BCUT2D eigenvalue weighted by Gasteiger charge is -2.31. The number of ether oxygens (including phenoxy) is 2. The van der Waals surface area contributed by atoms with Gasteiger partial charge in [0, 0.05) is 41.6 Å². The van der Waals surface area contributed by atoms with Crippen molar-refractivity contribution in [1.82, 2.24) is 10.9 Å². The van der Waals surface area contributed by atoms with E-state index in [1.165, 1.54) is 0 Å². The van der Waals surface area contributed by atoms with E-state index in [-0.39, 0.29) is 29.6 Å². The molecule has 240 valence electrons. The standard InChI is InChI=1S/C35H36BrN3O6S/c36-31-15-8-7-14-30(31)32-35(21-25-46(42,43)29-12-5-2-6-13-29,34(41)39-37-22-20-26-10-3-1-4-11-26)38-33(45-32)27-16-18-28(19-17-27)44-24-9-23-40/h1-8,10-19,32,37,40H,9,20-25H2,(H,39,41)/t32-,35-/m0/s1. The molecule has 2 atom stereocenters. The van der Waals surface area contributed by atoms with Gasteiger partial charge in [0.15, 0.2) is 21.5 Å². The van der Waals surface area contributed by atoms with Crippen molar-refractivity contribution in [3.63, 3.8) is 0 Å². The number of hydrazine groups is 1. The number of rotatable bonds is 15. The van der Waals surface area contributed by atoms with Gasteiger partial charge in [-0.05, 0) is 54.4 Å². The van der Waals surface area contributed by atoms with Crippen molar-refractivity contribution in [1.29, 1.82) is 0 Å². The molecule has 4 aromatic carbocycles. The molecule has 5 rings (SSSR count). The van der Waals surface area contributed by atoms with Crippen LogP contribution in [0.5, 0.6) is 5.75 Å². The van der Waals surface area contributed by atoms with E-state index in [9.17, 15) is 13.2 Å². The summed E-state index contributed by atoms with van der Waals surface area (Å²) in [5.74, 6) is -0.0332. The van der Waals surface area contributed by atoms with E-state index >= 15 is 0 Å². The molecule has 0 unspecified atom stereocenters. The maximum atomic E-state index is 14.3. The molecule has 0 aliphatic carbocycles. The molecule has 11 heteroatoms. The average molecular weight is 707 g/mol. The van der Waals surface area contributed by atoms with Gasteiger partial charge in [0.2, 0.25) is 5.90 Å². The van der Waals surface area contributed by atoms with Crippen LogP contribution in [0.25, 0.3) is 0 Å². The van der Waals surface area contributed by atoms with Crippen LogP contribution in [0.15, 0.2) is 124 Å². The maximum absolute atomic E-state index is 14.3. The number of aliphatic hydroxyl groups excluding tert-OH is 1. The smallest absolute Gasteiger partial charge is 0.266 e. The number of nitrogens with zero attached hydrogens (tertiary/aromatic N) is 1. The molecule has 9 nitrogen and oxygen atoms in total. The lowest BCUT2D eigenvalue weighted by Crippen LogP contribution is -2.53. The van der Waals surface area contributed by atoms with E-state index in [4.69, 9.17) is 19.6 Å². The Morgan fingerprint density at radius 2 is 1.61 bits per heavy atom. The SMILES string of the molecule is O=C(NNCCc1ccccc1)[C@@]1(CCS(=O)(=O)c2ccccc2)N=C(c2ccc(OCCCO)cc2)O[C@H]1c1ccccc1Br. The zero-order valence-electron chi connectivity index (χ0n) is 25.1. The second-order valence-electron chi connectivity index (χ2n) is 10.8. The predicted octanol–water partition coefficient (Wildman–Crippen LogP) is 5.19. The second kappa shape index (κ2) is 15.5. The quantitative estimate of drug-likeness (QED) is 0.115. The average Bonchev–Trinajstić information content (AvgIpc) is 3.48. The highest BCUT2D eigenvalue weighted by Crippen LogP contribution is 2.45. The van der Waals surface area contributed by atoms with Gasteiger partial charge in [0.05, 0.1) is 17.3 Å². The van der Waals surface area contributed by atoms with Crippen LogP contribution in [-0.4, -0.2) is 56.4 Å². The predicted molar refractivity (Wildman–Crippen MR) is 180 cm³/mol. The van der Waals surface area contributed by atoms with Gasteiger partial charge >= 0.3 is 0 Å². The summed E-state index contributed by atoms with van der Waals surface area (Å²) in [5.41, 5.74) is 6.55. The minimum absolute atomic E-state index is 0.0322. The fraction of sp³-hybridized carbons (Fsp3) is 0.257. The first-order valence-electron chi connectivity index (χ1n) is 15.0. The van der Waals surface area contributed by atoms with Crippen molar-refractivity contribution in [3.05, 3.63) is 130 Å². The number of amides is 1. The monoisotopic (exact) mass is 705 g/mol. The van der Waals surface area contributed by atoms with Gasteiger partial charge in [-0.2, -0.15) is 0 Å². The number of nitrogens with one attached hydrogen (secondary N) is 2. The van der Waals surface area contributed by atoms with Crippen molar-refractivity contribution in [3.8, 4) is 5.75 Å². The summed E-state index contributed by atoms with van der Waals surface area (Å²) in [6, 6.07) is 32.5. The van der Waals surface area contributed by atoms with Gasteiger partial charge < -0.3 is 14.6 Å². The third kappa shape index (κ3) is 8.03. The maximum Gasteiger partial charge on any atom is 0.266 e. The summed E-state index contributed by atoms with van der Waals surface area (Å²) in [6.45, 7) is 0.848. The molecule has 1 amide bonds. The number of aliphatic hydroxyl groups is 1. The first-order valence-corrected chi connectivity index (χ1v) is 17.5. The largest absolute Gasteiger partial charge is 0.494 e. The number of benzene rings is 4. The molecule has 0 spiro atoms. The van der Waals surface area contributed by atoms with Gasteiger partial charge in [-0.25, -0.2) is 18.8 Å². The molecule has 0 radical (unpaired) electrons. The van der Waals surface area contributed by atoms with E-state index in [2.05, 4.69) is 26.8 Å². The molecule has 3 N–H and O–H groups in total. The minimum Gasteiger partial charge on any atom is -0.494 e. The van der Waals surface area contributed by atoms with Gasteiger partial charge in [-0.3, -0.25) is 10.2 Å². The summed E-state index contributed by atoms with van der Waals surface area (Å²) in [5, 5.41) is 9.05. The molecule has 4 aromatic rings. The van der Waals surface area contributed by atoms with Crippen LogP contribution in [0.4, 0.5) is 0 Å². The van der Waals surface area contributed by atoms with Crippen LogP contribution in [0.3, 0.4) is 0 Å². The highest BCUT2D eigenvalue weighted by atomic mass is 79.9. The Morgan fingerprint density at radius 3 is 2.30 bits per heavy atom. The number of hydrogen-bond donors (Lipinski definition) is 3. The normalized spacial score (nSPS) is 17.6. The highest BCUT2D eigenvalue weighted by Gasteiger charge is 2.54. The lowest BCUT2D eigenvalue weighted by molar-refractivity contribution is -0.130. The Labute approximate surface area is 277 Å². The summed E-state index contributed by atoms with van der Waals surface area (Å²) in [4.78, 5) is 19.4. The van der Waals surface area contributed by atoms with Crippen molar-refractivity contribution >= 4 is 37.6 Å². The number of carbonyl (C=O) groups is 1. The number of sulfone groups is 1. The summed E-state index contributed by atoms with van der Waals surface area (Å²) < 4.78 is 39.9. The fourth-order valence-corrected chi connectivity index (χ4v) is 7.05. The molecule has 1 aliphatic rings. The number of aliphatic imine (C=N–C) groups is 1. The van der Waals surface area contributed by atoms with Crippen LogP contribution < -0.4 is 15.6 Å². The van der Waals surface area contributed by atoms with Gasteiger partial charge in [0.25, 0.3) is 5.91 Å². The Balaban J connectivity index is 1.49. The van der Waals surface area contributed by atoms with Crippen molar-refractivity contribution < 1.29 is 27.8 Å². The van der Waals surface area contributed by atoms with E-state index < -0.39 is 27.4 Å². The van der Waals surface area contributed by atoms with Crippen molar-refractivity contribution in [2.24, 2.45) is 4.99 Å². The Kier molecular flexibility index (Phi) is 11.2. The molecule has 0 bridgehead atoms. The van der Waals surface area contributed by atoms with Crippen molar-refractivity contribution in [2.75, 3.05) is 25.5 Å². The Bertz CT molecular complexity index is 1740. The lowest BCUT2D eigenvalue weighted by atomic mass is 9.85. The molecule has 1 aliphatic heterocycles. The number of carbonyl (C=O) groups excluding carboxylic acids is 1. The summed E-state index contributed by atoms with van der Waals surface area (Å²) in [6.07, 6.45) is 0.0880. The third-order valence-electron chi connectivity index (χ3n) is 7.66. The zero-order valence-corrected chi connectivity index (χ0v) is 27.5. The van der Waals surface area contributed by atoms with Crippen LogP contribution in [0, 0.1) is 0 Å². The molecular weight excluding hydrogens is 670 g/mol. The molecule has 0 saturated carbocycles. The van der Waals surface area contributed by atoms with Crippen LogP contribution >= 0.6 is 15.9 Å². The molecule has 0 saturated heterocycles. The molecule has 0 fully saturated rings. The second-order valence-corrected chi connectivity index (χ2v) is 13.8. The first kappa shape index (κ1) is 33.3. The van der Waals surface area contributed by atoms with E-state index in [1.807, 2.05) is 54.6 Å². The Morgan fingerprint density at radius 1 is 0.935 bits per heavy atom. The van der Waals surface area contributed by atoms with E-state index in [0.717, 1.165) is 5.56 Å². The van der Waals surface area contributed by atoms with Crippen LogP contribution in [0.1, 0.15) is 35.6 Å². The van der Waals surface area contributed by atoms with Gasteiger partial charge in [-0.15, -0.1) is 0 Å². The zero-order chi connectivity index (χ0) is 32.4. The summed E-state index contributed by atoms with van der Waals surface area (Å²) in [7, 11) is -3.77. The molecule has 46 heavy (non-hydrogen) atoms. The Hall–Kier alpha value is -4.03. The van der Waals surface area contributed by atoms with E-state index in [0.29, 0.717) is 47.3 Å². The van der Waals surface area contributed by atoms with Gasteiger partial charge in [-0.1, -0.05) is 82.7 Å². The minimum atomic E-state index is -3.77. The van der Waals surface area contributed by atoms with Crippen molar-refractivity contribution in [2.45, 2.75) is 35.8 Å². The number of hydrogen-bond acceptors (Lipinski definition) is 8.